The van der Waals surface area contributed by atoms with Crippen LogP contribution in [0.25, 0.3) is 10.9 Å². The second-order valence-electron chi connectivity index (χ2n) is 5.79. The Morgan fingerprint density at radius 2 is 1.79 bits per heavy atom. The molecule has 0 radical (unpaired) electrons. The average Bonchev–Trinajstić information content (AvgIpc) is 2.99. The first-order valence-electron chi connectivity index (χ1n) is 7.72. The van der Waals surface area contributed by atoms with Gasteiger partial charge in [0.05, 0.1) is 5.56 Å². The standard InChI is InChI=1S/C19H19N3O2/c1-13(23)21-15-9-7-14(8-10-15)12-22(2)19(24)17-11-20-18-6-4-3-5-16(17)18/h3-11,20H,12H2,1-2H3,(H,21,23). The van der Waals surface area contributed by atoms with Gasteiger partial charge in [-0.25, -0.2) is 0 Å². The monoisotopic (exact) mass is 321 g/mol. The second kappa shape index (κ2) is 6.58. The first-order chi connectivity index (χ1) is 11.5. The number of para-hydroxylation sites is 1. The largest absolute Gasteiger partial charge is 0.360 e. The topological polar surface area (TPSA) is 65.2 Å². The maximum absolute atomic E-state index is 12.7. The Balaban J connectivity index is 1.73. The Morgan fingerprint density at radius 1 is 1.08 bits per heavy atom. The van der Waals surface area contributed by atoms with Crippen LogP contribution in [0, 0.1) is 0 Å². The summed E-state index contributed by atoms with van der Waals surface area (Å²) in [6.45, 7) is 1.97. The molecule has 0 atom stereocenters. The average molecular weight is 321 g/mol. The van der Waals surface area contributed by atoms with E-state index in [2.05, 4.69) is 10.3 Å². The van der Waals surface area contributed by atoms with Crippen LogP contribution in [-0.2, 0) is 11.3 Å². The number of benzene rings is 2. The molecule has 2 aromatic carbocycles. The second-order valence-corrected chi connectivity index (χ2v) is 5.79. The van der Waals surface area contributed by atoms with Crippen molar-refractivity contribution in [2.24, 2.45) is 0 Å². The minimum atomic E-state index is -0.102. The van der Waals surface area contributed by atoms with E-state index in [0.29, 0.717) is 12.1 Å². The van der Waals surface area contributed by atoms with Gasteiger partial charge in [0.2, 0.25) is 5.91 Å². The van der Waals surface area contributed by atoms with E-state index in [1.54, 1.807) is 18.1 Å². The summed E-state index contributed by atoms with van der Waals surface area (Å²) >= 11 is 0. The van der Waals surface area contributed by atoms with Gasteiger partial charge in [0.1, 0.15) is 0 Å². The lowest BCUT2D eigenvalue weighted by atomic mass is 10.1. The molecule has 0 fully saturated rings. The Hall–Kier alpha value is -3.08. The van der Waals surface area contributed by atoms with Crippen molar-refractivity contribution in [3.05, 3.63) is 65.9 Å². The highest BCUT2D eigenvalue weighted by Gasteiger charge is 2.16. The van der Waals surface area contributed by atoms with Gasteiger partial charge in [0.15, 0.2) is 0 Å². The van der Waals surface area contributed by atoms with Crippen LogP contribution in [0.5, 0.6) is 0 Å². The number of aromatic amines is 1. The van der Waals surface area contributed by atoms with Crippen molar-refractivity contribution in [2.75, 3.05) is 12.4 Å². The predicted octanol–water partition coefficient (Wildman–Crippen LogP) is 3.40. The number of hydrogen-bond donors (Lipinski definition) is 2. The zero-order chi connectivity index (χ0) is 17.1. The first kappa shape index (κ1) is 15.8. The fourth-order valence-electron chi connectivity index (χ4n) is 2.70. The number of aromatic nitrogens is 1. The lowest BCUT2D eigenvalue weighted by Gasteiger charge is -2.17. The molecule has 0 saturated heterocycles. The summed E-state index contributed by atoms with van der Waals surface area (Å²) in [7, 11) is 1.78. The van der Waals surface area contributed by atoms with Gasteiger partial charge in [-0.15, -0.1) is 0 Å². The Kier molecular flexibility index (Phi) is 4.33. The molecular weight excluding hydrogens is 302 g/mol. The minimum absolute atomic E-state index is 0.0293. The number of nitrogens with zero attached hydrogens (tertiary/aromatic N) is 1. The van der Waals surface area contributed by atoms with E-state index >= 15 is 0 Å². The van der Waals surface area contributed by atoms with Crippen LogP contribution in [-0.4, -0.2) is 28.7 Å². The zero-order valence-electron chi connectivity index (χ0n) is 13.7. The molecule has 0 unspecified atom stereocenters. The van der Waals surface area contributed by atoms with Crippen molar-refractivity contribution in [3.8, 4) is 0 Å². The molecule has 2 amide bonds. The first-order valence-corrected chi connectivity index (χ1v) is 7.72. The lowest BCUT2D eigenvalue weighted by Crippen LogP contribution is -2.26. The number of nitrogens with one attached hydrogen (secondary N) is 2. The Labute approximate surface area is 140 Å². The minimum Gasteiger partial charge on any atom is -0.360 e. The molecule has 0 aliphatic rings. The van der Waals surface area contributed by atoms with E-state index in [1.165, 1.54) is 6.92 Å². The number of carbonyl (C=O) groups excluding carboxylic acids is 2. The molecule has 3 aromatic rings. The summed E-state index contributed by atoms with van der Waals surface area (Å²) in [6.07, 6.45) is 1.75. The fraction of sp³-hybridized carbons (Fsp3) is 0.158. The van der Waals surface area contributed by atoms with Crippen LogP contribution in [0.2, 0.25) is 0 Å². The maximum Gasteiger partial charge on any atom is 0.256 e. The van der Waals surface area contributed by atoms with Gasteiger partial charge in [0, 0.05) is 43.3 Å². The molecule has 0 saturated carbocycles. The van der Waals surface area contributed by atoms with Crippen molar-refractivity contribution < 1.29 is 9.59 Å². The maximum atomic E-state index is 12.7. The van der Waals surface area contributed by atoms with E-state index < -0.39 is 0 Å². The molecule has 3 rings (SSSR count). The molecule has 1 aromatic heterocycles. The molecule has 5 nitrogen and oxygen atoms in total. The van der Waals surface area contributed by atoms with Crippen LogP contribution in [0.3, 0.4) is 0 Å². The van der Waals surface area contributed by atoms with E-state index in [0.717, 1.165) is 22.2 Å². The van der Waals surface area contributed by atoms with Crippen molar-refractivity contribution in [2.45, 2.75) is 13.5 Å². The van der Waals surface area contributed by atoms with Crippen molar-refractivity contribution >= 4 is 28.4 Å². The highest BCUT2D eigenvalue weighted by atomic mass is 16.2. The highest BCUT2D eigenvalue weighted by Crippen LogP contribution is 2.20. The number of rotatable bonds is 4. The Bertz CT molecular complexity index is 881. The Morgan fingerprint density at radius 3 is 2.50 bits per heavy atom. The van der Waals surface area contributed by atoms with Gasteiger partial charge >= 0.3 is 0 Å². The van der Waals surface area contributed by atoms with Gasteiger partial charge in [0.25, 0.3) is 5.91 Å². The highest BCUT2D eigenvalue weighted by molar-refractivity contribution is 6.06. The third-order valence-corrected chi connectivity index (χ3v) is 3.86. The molecule has 0 aliphatic carbocycles. The summed E-state index contributed by atoms with van der Waals surface area (Å²) in [5, 5.41) is 3.65. The summed E-state index contributed by atoms with van der Waals surface area (Å²) in [5.41, 5.74) is 3.37. The predicted molar refractivity (Wildman–Crippen MR) is 94.8 cm³/mol. The van der Waals surface area contributed by atoms with Crippen LogP contribution in [0.1, 0.15) is 22.8 Å². The van der Waals surface area contributed by atoms with Gasteiger partial charge < -0.3 is 15.2 Å². The number of H-pyrrole nitrogens is 1. The molecule has 0 spiro atoms. The zero-order valence-corrected chi connectivity index (χ0v) is 13.7. The van der Waals surface area contributed by atoms with Crippen molar-refractivity contribution in [3.63, 3.8) is 0 Å². The summed E-state index contributed by atoms with van der Waals surface area (Å²) in [6, 6.07) is 15.2. The number of amides is 2. The molecule has 1 heterocycles. The molecule has 2 N–H and O–H groups in total. The fourth-order valence-corrected chi connectivity index (χ4v) is 2.70. The number of fused-ring (bicyclic) bond motifs is 1. The van der Waals surface area contributed by atoms with Crippen molar-refractivity contribution in [1.82, 2.24) is 9.88 Å². The van der Waals surface area contributed by atoms with Crippen LogP contribution in [0.15, 0.2) is 54.7 Å². The quantitative estimate of drug-likeness (QED) is 0.773. The number of anilines is 1. The van der Waals surface area contributed by atoms with Gasteiger partial charge in [-0.2, -0.15) is 0 Å². The normalized spacial score (nSPS) is 10.6. The molecule has 24 heavy (non-hydrogen) atoms. The summed E-state index contributed by atoms with van der Waals surface area (Å²) < 4.78 is 0. The van der Waals surface area contributed by atoms with Crippen LogP contribution in [0.4, 0.5) is 5.69 Å². The van der Waals surface area contributed by atoms with E-state index in [9.17, 15) is 9.59 Å². The molecular formula is C19H19N3O2. The van der Waals surface area contributed by atoms with E-state index in [4.69, 9.17) is 0 Å². The summed E-state index contributed by atoms with van der Waals surface area (Å²) in [4.78, 5) is 28.5. The van der Waals surface area contributed by atoms with Crippen LogP contribution >= 0.6 is 0 Å². The van der Waals surface area contributed by atoms with Gasteiger partial charge in [-0.05, 0) is 23.8 Å². The van der Waals surface area contributed by atoms with E-state index in [-0.39, 0.29) is 11.8 Å². The third-order valence-electron chi connectivity index (χ3n) is 3.86. The number of hydrogen-bond acceptors (Lipinski definition) is 2. The van der Waals surface area contributed by atoms with E-state index in [1.807, 2.05) is 48.5 Å². The molecule has 5 heteroatoms. The van der Waals surface area contributed by atoms with Crippen molar-refractivity contribution in [1.29, 1.82) is 0 Å². The summed E-state index contributed by atoms with van der Waals surface area (Å²) in [5.74, 6) is -0.132. The molecule has 0 aliphatic heterocycles. The molecule has 122 valence electrons. The van der Waals surface area contributed by atoms with Crippen LogP contribution < -0.4 is 5.32 Å². The molecule has 0 bridgehead atoms. The van der Waals surface area contributed by atoms with Gasteiger partial charge in [-0.3, -0.25) is 9.59 Å². The lowest BCUT2D eigenvalue weighted by molar-refractivity contribution is -0.114. The van der Waals surface area contributed by atoms with Gasteiger partial charge in [-0.1, -0.05) is 30.3 Å². The third kappa shape index (κ3) is 3.30. The SMILES string of the molecule is CC(=O)Nc1ccc(CN(C)C(=O)c2c[nH]c3ccccc23)cc1. The smallest absolute Gasteiger partial charge is 0.256 e. The number of carbonyl (C=O) groups is 2.